The number of nitrogens with one attached hydrogen (secondary N) is 1. The number of aromatic amines is 1. The van der Waals surface area contributed by atoms with E-state index in [1.807, 2.05) is 46.1 Å². The smallest absolute Gasteiger partial charge is 0.223 e. The van der Waals surface area contributed by atoms with Crippen molar-refractivity contribution in [2.75, 3.05) is 6.54 Å². The molecule has 6 nitrogen and oxygen atoms in total. The van der Waals surface area contributed by atoms with Crippen molar-refractivity contribution < 1.29 is 4.79 Å². The minimum absolute atomic E-state index is 0.0679. The van der Waals surface area contributed by atoms with Crippen LogP contribution in [0.3, 0.4) is 0 Å². The summed E-state index contributed by atoms with van der Waals surface area (Å²) in [5, 5.41) is 4.19. The van der Waals surface area contributed by atoms with Crippen LogP contribution in [0.5, 0.6) is 0 Å². The SMILES string of the molecule is O=C(CCCn1cccn1)N1CCCCC1c1nc2ccccc2[nH]1. The first-order chi connectivity index (χ1) is 12.3. The molecule has 3 heterocycles. The van der Waals surface area contributed by atoms with Crippen molar-refractivity contribution in [2.45, 2.75) is 44.7 Å². The predicted octanol–water partition coefficient (Wildman–Crippen LogP) is 3.29. The molecule has 1 saturated heterocycles. The van der Waals surface area contributed by atoms with E-state index >= 15 is 0 Å². The van der Waals surface area contributed by atoms with E-state index in [2.05, 4.69) is 10.1 Å². The number of rotatable bonds is 5. The van der Waals surface area contributed by atoms with Crippen molar-refractivity contribution in [3.63, 3.8) is 0 Å². The second-order valence-corrected chi connectivity index (χ2v) is 6.61. The summed E-state index contributed by atoms with van der Waals surface area (Å²) < 4.78 is 1.88. The fourth-order valence-electron chi connectivity index (χ4n) is 3.61. The molecule has 6 heteroatoms. The van der Waals surface area contributed by atoms with Crippen LogP contribution in [-0.4, -0.2) is 37.1 Å². The summed E-state index contributed by atoms with van der Waals surface area (Å²) in [4.78, 5) is 22.9. The number of carbonyl (C=O) groups is 1. The second-order valence-electron chi connectivity index (χ2n) is 6.61. The summed E-state index contributed by atoms with van der Waals surface area (Å²) in [7, 11) is 0. The molecule has 0 aliphatic carbocycles. The van der Waals surface area contributed by atoms with Gasteiger partial charge in [-0.2, -0.15) is 5.10 Å². The van der Waals surface area contributed by atoms with Gasteiger partial charge in [-0.05, 0) is 43.9 Å². The van der Waals surface area contributed by atoms with E-state index < -0.39 is 0 Å². The normalized spacial score (nSPS) is 17.9. The number of likely N-dealkylation sites (tertiary alicyclic amines) is 1. The lowest BCUT2D eigenvalue weighted by Crippen LogP contribution is -2.39. The van der Waals surface area contributed by atoms with Gasteiger partial charge < -0.3 is 9.88 Å². The number of hydrogen-bond acceptors (Lipinski definition) is 3. The Bertz CT molecular complexity index is 806. The van der Waals surface area contributed by atoms with Crippen LogP contribution in [0.1, 0.15) is 44.0 Å². The summed E-state index contributed by atoms with van der Waals surface area (Å²) in [6, 6.07) is 10.0. The van der Waals surface area contributed by atoms with Crippen LogP contribution in [-0.2, 0) is 11.3 Å². The minimum Gasteiger partial charge on any atom is -0.340 e. The first-order valence-electron chi connectivity index (χ1n) is 9.03. The lowest BCUT2D eigenvalue weighted by Gasteiger charge is -2.34. The van der Waals surface area contributed by atoms with Crippen molar-refractivity contribution in [1.82, 2.24) is 24.6 Å². The Morgan fingerprint density at radius 3 is 3.00 bits per heavy atom. The van der Waals surface area contributed by atoms with Gasteiger partial charge in [0.05, 0.1) is 17.1 Å². The molecule has 0 radical (unpaired) electrons. The number of para-hydroxylation sites is 2. The number of hydrogen-bond donors (Lipinski definition) is 1. The molecule has 1 aromatic carbocycles. The third-order valence-corrected chi connectivity index (χ3v) is 4.88. The molecule has 1 atom stereocenters. The highest BCUT2D eigenvalue weighted by Crippen LogP contribution is 2.31. The molecule has 25 heavy (non-hydrogen) atoms. The van der Waals surface area contributed by atoms with Crippen LogP contribution in [0, 0.1) is 0 Å². The molecule has 1 N–H and O–H groups in total. The Hall–Kier alpha value is -2.63. The summed E-state index contributed by atoms with van der Waals surface area (Å²) in [6.07, 6.45) is 8.25. The largest absolute Gasteiger partial charge is 0.340 e. The van der Waals surface area contributed by atoms with Crippen molar-refractivity contribution >= 4 is 16.9 Å². The molecule has 0 spiro atoms. The standard InChI is InChI=1S/C19H23N5O/c25-18(10-5-12-23-13-6-11-20-23)24-14-4-3-9-17(24)19-21-15-7-1-2-8-16(15)22-19/h1-2,6-8,11,13,17H,3-5,9-10,12,14H2,(H,21,22). The maximum atomic E-state index is 12.8. The number of nitrogens with zero attached hydrogens (tertiary/aromatic N) is 4. The number of fused-ring (bicyclic) bond motifs is 1. The Kier molecular flexibility index (Phi) is 4.50. The van der Waals surface area contributed by atoms with E-state index in [9.17, 15) is 4.79 Å². The number of benzene rings is 1. The van der Waals surface area contributed by atoms with E-state index in [1.54, 1.807) is 6.20 Å². The fraction of sp³-hybridized carbons (Fsp3) is 0.421. The minimum atomic E-state index is 0.0679. The highest BCUT2D eigenvalue weighted by atomic mass is 16.2. The Labute approximate surface area is 146 Å². The van der Waals surface area contributed by atoms with E-state index in [1.165, 1.54) is 0 Å². The molecule has 2 aromatic heterocycles. The number of aromatic nitrogens is 4. The van der Waals surface area contributed by atoms with Crippen LogP contribution < -0.4 is 0 Å². The number of H-pyrrole nitrogens is 1. The maximum Gasteiger partial charge on any atom is 0.223 e. The van der Waals surface area contributed by atoms with E-state index in [0.717, 1.165) is 55.6 Å². The molecule has 4 rings (SSSR count). The van der Waals surface area contributed by atoms with E-state index in [0.29, 0.717) is 6.42 Å². The topological polar surface area (TPSA) is 66.8 Å². The number of carbonyl (C=O) groups excluding carboxylic acids is 1. The molecule has 1 aliphatic heterocycles. The Morgan fingerprint density at radius 1 is 1.24 bits per heavy atom. The third kappa shape index (κ3) is 3.43. The monoisotopic (exact) mass is 337 g/mol. The van der Waals surface area contributed by atoms with Gasteiger partial charge in [-0.3, -0.25) is 9.48 Å². The van der Waals surface area contributed by atoms with Crippen LogP contribution in [0.15, 0.2) is 42.7 Å². The average molecular weight is 337 g/mol. The molecule has 1 amide bonds. The van der Waals surface area contributed by atoms with Gasteiger partial charge in [-0.1, -0.05) is 12.1 Å². The van der Waals surface area contributed by atoms with Crippen LogP contribution >= 0.6 is 0 Å². The van der Waals surface area contributed by atoms with Gasteiger partial charge in [0.25, 0.3) is 0 Å². The highest BCUT2D eigenvalue weighted by Gasteiger charge is 2.29. The lowest BCUT2D eigenvalue weighted by molar-refractivity contribution is -0.135. The Morgan fingerprint density at radius 2 is 2.16 bits per heavy atom. The summed E-state index contributed by atoms with van der Waals surface area (Å²) >= 11 is 0. The number of aryl methyl sites for hydroxylation is 1. The predicted molar refractivity (Wildman–Crippen MR) is 95.9 cm³/mol. The van der Waals surface area contributed by atoms with Gasteiger partial charge in [-0.15, -0.1) is 0 Å². The average Bonchev–Trinajstić information content (AvgIpc) is 3.31. The van der Waals surface area contributed by atoms with Crippen LogP contribution in [0.25, 0.3) is 11.0 Å². The lowest BCUT2D eigenvalue weighted by atomic mass is 10.0. The number of imidazole rings is 1. The first kappa shape index (κ1) is 15.9. The molecule has 0 bridgehead atoms. The number of amides is 1. The quantitative estimate of drug-likeness (QED) is 0.777. The van der Waals surface area contributed by atoms with Crippen molar-refractivity contribution in [3.8, 4) is 0 Å². The van der Waals surface area contributed by atoms with Crippen molar-refractivity contribution in [2.24, 2.45) is 0 Å². The van der Waals surface area contributed by atoms with Gasteiger partial charge >= 0.3 is 0 Å². The second kappa shape index (κ2) is 7.09. The Balaban J connectivity index is 1.45. The maximum absolute atomic E-state index is 12.8. The van der Waals surface area contributed by atoms with Gasteiger partial charge in [0.2, 0.25) is 5.91 Å². The van der Waals surface area contributed by atoms with Gasteiger partial charge in [-0.25, -0.2) is 4.98 Å². The molecular formula is C19H23N5O. The van der Waals surface area contributed by atoms with Crippen LogP contribution in [0.4, 0.5) is 0 Å². The molecule has 3 aromatic rings. The molecule has 1 fully saturated rings. The fourth-order valence-corrected chi connectivity index (χ4v) is 3.61. The summed E-state index contributed by atoms with van der Waals surface area (Å²) in [6.45, 7) is 1.60. The summed E-state index contributed by atoms with van der Waals surface area (Å²) in [5.74, 6) is 1.14. The van der Waals surface area contributed by atoms with Gasteiger partial charge in [0, 0.05) is 31.9 Å². The van der Waals surface area contributed by atoms with Crippen molar-refractivity contribution in [3.05, 3.63) is 48.5 Å². The molecule has 1 aliphatic rings. The molecule has 130 valence electrons. The summed E-state index contributed by atoms with van der Waals surface area (Å²) in [5.41, 5.74) is 2.00. The van der Waals surface area contributed by atoms with Gasteiger partial charge in [0.15, 0.2) is 0 Å². The molecular weight excluding hydrogens is 314 g/mol. The van der Waals surface area contributed by atoms with E-state index in [4.69, 9.17) is 4.98 Å². The number of piperidine rings is 1. The van der Waals surface area contributed by atoms with Gasteiger partial charge in [0.1, 0.15) is 5.82 Å². The zero-order valence-corrected chi connectivity index (χ0v) is 14.3. The zero-order chi connectivity index (χ0) is 17.1. The van der Waals surface area contributed by atoms with E-state index in [-0.39, 0.29) is 11.9 Å². The third-order valence-electron chi connectivity index (χ3n) is 4.88. The molecule has 0 saturated carbocycles. The van der Waals surface area contributed by atoms with Crippen molar-refractivity contribution in [1.29, 1.82) is 0 Å². The molecule has 1 unspecified atom stereocenters. The van der Waals surface area contributed by atoms with Crippen LogP contribution in [0.2, 0.25) is 0 Å². The highest BCUT2D eigenvalue weighted by molar-refractivity contribution is 5.77. The zero-order valence-electron chi connectivity index (χ0n) is 14.3. The first-order valence-corrected chi connectivity index (χ1v) is 9.03.